The lowest BCUT2D eigenvalue weighted by Gasteiger charge is -2.44. The Morgan fingerprint density at radius 3 is 2.40 bits per heavy atom. The Bertz CT molecular complexity index is 768. The number of nitrogens with zero attached hydrogens (tertiary/aromatic N) is 1. The van der Waals surface area contributed by atoms with Gasteiger partial charge in [-0.05, 0) is 49.8 Å². The molecule has 1 aromatic carbocycles. The van der Waals surface area contributed by atoms with E-state index < -0.39 is 15.3 Å². The van der Waals surface area contributed by atoms with Crippen molar-refractivity contribution in [3.8, 4) is 0 Å². The van der Waals surface area contributed by atoms with Crippen LogP contribution in [0.5, 0.6) is 0 Å². The lowest BCUT2D eigenvalue weighted by atomic mass is 9.63. The molecule has 1 amide bonds. The molecular weight excluding hydrogens is 336 g/mol. The summed E-state index contributed by atoms with van der Waals surface area (Å²) in [5.41, 5.74) is 0.526. The van der Waals surface area contributed by atoms with E-state index in [1.54, 1.807) is 12.1 Å². The van der Waals surface area contributed by atoms with Crippen molar-refractivity contribution in [2.45, 2.75) is 60.9 Å². The highest BCUT2D eigenvalue weighted by atomic mass is 32.2. The molecule has 1 saturated carbocycles. The minimum atomic E-state index is -3.21. The van der Waals surface area contributed by atoms with Crippen molar-refractivity contribution in [2.75, 3.05) is 19.3 Å². The predicted octanol–water partition coefficient (Wildman–Crippen LogP) is 1.86. The third-order valence-electron chi connectivity index (χ3n) is 6.26. The van der Waals surface area contributed by atoms with Crippen LogP contribution in [0, 0.1) is 0 Å². The number of hydrogen-bond donors (Lipinski definition) is 1. The Hall–Kier alpha value is -1.40. The average molecular weight is 362 g/mol. The van der Waals surface area contributed by atoms with Crippen molar-refractivity contribution in [3.63, 3.8) is 0 Å². The molecule has 1 aliphatic carbocycles. The smallest absolute Gasteiger partial charge is 0.233 e. The molecule has 2 heterocycles. The van der Waals surface area contributed by atoms with Gasteiger partial charge in [-0.25, -0.2) is 8.42 Å². The Morgan fingerprint density at radius 1 is 1.12 bits per heavy atom. The highest BCUT2D eigenvalue weighted by molar-refractivity contribution is 7.90. The quantitative estimate of drug-likeness (QED) is 0.891. The molecule has 4 rings (SSSR count). The molecule has 0 radical (unpaired) electrons. The van der Waals surface area contributed by atoms with E-state index in [9.17, 15) is 13.2 Å². The summed E-state index contributed by atoms with van der Waals surface area (Å²) in [6, 6.07) is 7.97. The van der Waals surface area contributed by atoms with Crippen molar-refractivity contribution in [3.05, 3.63) is 29.8 Å². The molecule has 2 saturated heterocycles. The number of fused-ring (bicyclic) bond motifs is 2. The van der Waals surface area contributed by atoms with Crippen LogP contribution in [0.3, 0.4) is 0 Å². The zero-order valence-corrected chi connectivity index (χ0v) is 15.5. The topological polar surface area (TPSA) is 66.5 Å². The summed E-state index contributed by atoms with van der Waals surface area (Å²) >= 11 is 0. The molecule has 1 N–H and O–H groups in total. The molecular formula is C19H26N2O3S. The molecule has 3 aliphatic rings. The molecule has 25 heavy (non-hydrogen) atoms. The molecule has 2 atom stereocenters. The summed E-state index contributed by atoms with van der Waals surface area (Å²) in [5, 5.41) is 3.63. The fourth-order valence-corrected chi connectivity index (χ4v) is 5.24. The summed E-state index contributed by atoms with van der Waals surface area (Å²) in [6.07, 6.45) is 7.41. The normalized spacial score (nSPS) is 28.3. The highest BCUT2D eigenvalue weighted by Crippen LogP contribution is 2.45. The first kappa shape index (κ1) is 17.0. The van der Waals surface area contributed by atoms with Gasteiger partial charge in [0.25, 0.3) is 0 Å². The number of amides is 1. The van der Waals surface area contributed by atoms with Crippen LogP contribution in [0.4, 0.5) is 0 Å². The van der Waals surface area contributed by atoms with Crippen molar-refractivity contribution in [1.29, 1.82) is 0 Å². The van der Waals surface area contributed by atoms with E-state index in [1.807, 2.05) is 12.1 Å². The van der Waals surface area contributed by atoms with Crippen LogP contribution < -0.4 is 5.32 Å². The number of benzene rings is 1. The maximum absolute atomic E-state index is 13.4. The molecule has 0 spiro atoms. The van der Waals surface area contributed by atoms with Crippen LogP contribution in [0.1, 0.15) is 44.1 Å². The van der Waals surface area contributed by atoms with Crippen LogP contribution in [0.25, 0.3) is 0 Å². The van der Waals surface area contributed by atoms with E-state index in [0.717, 1.165) is 50.8 Å². The summed E-state index contributed by atoms with van der Waals surface area (Å²) in [7, 11) is -3.21. The van der Waals surface area contributed by atoms with Gasteiger partial charge in [-0.1, -0.05) is 18.6 Å². The van der Waals surface area contributed by atoms with Gasteiger partial charge in [0.15, 0.2) is 9.84 Å². The SMILES string of the molecule is CS(=O)(=O)c1ccc(C2(C(=O)N3CCC4CCC(C3)N4)CCC2)cc1. The molecule has 1 aromatic rings. The largest absolute Gasteiger partial charge is 0.340 e. The van der Waals surface area contributed by atoms with Gasteiger partial charge in [0.2, 0.25) is 5.91 Å². The minimum absolute atomic E-state index is 0.236. The third-order valence-corrected chi connectivity index (χ3v) is 7.39. The van der Waals surface area contributed by atoms with Gasteiger partial charge >= 0.3 is 0 Å². The standard InChI is InChI=1S/C19H26N2O3S/c1-25(23,24)17-7-3-14(4-8-17)19(10-2-11-19)18(22)21-12-9-15-5-6-16(13-21)20-15/h3-4,7-8,15-16,20H,2,5-6,9-13H2,1H3. The van der Waals surface area contributed by atoms with Gasteiger partial charge in [0, 0.05) is 31.4 Å². The molecule has 0 aromatic heterocycles. The van der Waals surface area contributed by atoms with Crippen molar-refractivity contribution >= 4 is 15.7 Å². The summed E-state index contributed by atoms with van der Waals surface area (Å²) in [4.78, 5) is 15.8. The van der Waals surface area contributed by atoms with E-state index in [0.29, 0.717) is 17.0 Å². The highest BCUT2D eigenvalue weighted by Gasteiger charge is 2.48. The molecule has 2 unspecified atom stereocenters. The summed E-state index contributed by atoms with van der Waals surface area (Å²) in [5.74, 6) is 0.236. The number of sulfone groups is 1. The fraction of sp³-hybridized carbons (Fsp3) is 0.632. The van der Waals surface area contributed by atoms with Crippen LogP contribution >= 0.6 is 0 Å². The number of likely N-dealkylation sites (tertiary alicyclic amines) is 1. The van der Waals surface area contributed by atoms with Gasteiger partial charge in [-0.3, -0.25) is 4.79 Å². The number of carbonyl (C=O) groups excluding carboxylic acids is 1. The molecule has 2 aliphatic heterocycles. The zero-order chi connectivity index (χ0) is 17.7. The first-order valence-electron chi connectivity index (χ1n) is 9.24. The lowest BCUT2D eigenvalue weighted by Crippen LogP contribution is -2.53. The van der Waals surface area contributed by atoms with Crippen molar-refractivity contribution in [1.82, 2.24) is 10.2 Å². The van der Waals surface area contributed by atoms with Crippen LogP contribution in [-0.4, -0.2) is 50.7 Å². The summed E-state index contributed by atoms with van der Waals surface area (Å²) in [6.45, 7) is 1.63. The van der Waals surface area contributed by atoms with Gasteiger partial charge in [0.05, 0.1) is 10.3 Å². The second kappa shape index (κ2) is 6.09. The van der Waals surface area contributed by atoms with E-state index in [2.05, 4.69) is 10.2 Å². The van der Waals surface area contributed by atoms with E-state index in [-0.39, 0.29) is 5.91 Å². The fourth-order valence-electron chi connectivity index (χ4n) is 4.61. The second-order valence-corrected chi connectivity index (χ2v) is 9.93. The van der Waals surface area contributed by atoms with Crippen LogP contribution in [-0.2, 0) is 20.0 Å². The molecule has 6 heteroatoms. The third kappa shape index (κ3) is 2.99. The van der Waals surface area contributed by atoms with Gasteiger partial charge in [0.1, 0.15) is 0 Å². The average Bonchev–Trinajstić information content (AvgIpc) is 2.85. The zero-order valence-electron chi connectivity index (χ0n) is 14.7. The first-order chi connectivity index (χ1) is 11.9. The number of hydrogen-bond acceptors (Lipinski definition) is 4. The second-order valence-electron chi connectivity index (χ2n) is 7.91. The van der Waals surface area contributed by atoms with E-state index in [1.165, 1.54) is 12.7 Å². The van der Waals surface area contributed by atoms with E-state index in [4.69, 9.17) is 0 Å². The van der Waals surface area contributed by atoms with E-state index >= 15 is 0 Å². The van der Waals surface area contributed by atoms with Crippen molar-refractivity contribution in [2.24, 2.45) is 0 Å². The maximum atomic E-state index is 13.4. The molecule has 2 bridgehead atoms. The minimum Gasteiger partial charge on any atom is -0.340 e. The maximum Gasteiger partial charge on any atom is 0.233 e. The molecule has 136 valence electrons. The number of carbonyl (C=O) groups is 1. The predicted molar refractivity (Wildman–Crippen MR) is 96.2 cm³/mol. The first-order valence-corrected chi connectivity index (χ1v) is 11.1. The van der Waals surface area contributed by atoms with Gasteiger partial charge < -0.3 is 10.2 Å². The molecule has 3 fully saturated rings. The van der Waals surface area contributed by atoms with Crippen molar-refractivity contribution < 1.29 is 13.2 Å². The Balaban J connectivity index is 1.59. The van der Waals surface area contributed by atoms with Gasteiger partial charge in [-0.2, -0.15) is 0 Å². The monoisotopic (exact) mass is 362 g/mol. The summed E-state index contributed by atoms with van der Waals surface area (Å²) < 4.78 is 23.4. The Morgan fingerprint density at radius 2 is 1.80 bits per heavy atom. The number of rotatable bonds is 3. The van der Waals surface area contributed by atoms with Crippen LogP contribution in [0.15, 0.2) is 29.2 Å². The number of nitrogens with one attached hydrogen (secondary N) is 1. The Labute approximate surface area is 149 Å². The Kier molecular flexibility index (Phi) is 4.15. The van der Waals surface area contributed by atoms with Gasteiger partial charge in [-0.15, -0.1) is 0 Å². The molecule has 5 nitrogen and oxygen atoms in total. The van der Waals surface area contributed by atoms with Crippen LogP contribution in [0.2, 0.25) is 0 Å². The lowest BCUT2D eigenvalue weighted by molar-refractivity contribution is -0.141.